The summed E-state index contributed by atoms with van der Waals surface area (Å²) >= 11 is 0. The van der Waals surface area contributed by atoms with E-state index in [-0.39, 0.29) is 11.9 Å². The van der Waals surface area contributed by atoms with Gasteiger partial charge >= 0.3 is 0 Å². The fraction of sp³-hybridized carbons (Fsp3) is 0.190. The van der Waals surface area contributed by atoms with Gasteiger partial charge in [-0.15, -0.1) is 0 Å². The van der Waals surface area contributed by atoms with Crippen molar-refractivity contribution in [3.63, 3.8) is 0 Å². The van der Waals surface area contributed by atoms with Crippen LogP contribution in [0.15, 0.2) is 60.7 Å². The second-order valence-corrected chi connectivity index (χ2v) is 6.18. The number of aryl methyl sites for hydroxylation is 2. The first-order valence-corrected chi connectivity index (χ1v) is 8.17. The molecule has 0 radical (unpaired) electrons. The summed E-state index contributed by atoms with van der Waals surface area (Å²) < 4.78 is 0. The summed E-state index contributed by atoms with van der Waals surface area (Å²) in [6, 6.07) is 19.8. The van der Waals surface area contributed by atoms with Gasteiger partial charge in [0, 0.05) is 16.8 Å². The van der Waals surface area contributed by atoms with Crippen molar-refractivity contribution < 1.29 is 4.79 Å². The molecule has 0 bridgehead atoms. The van der Waals surface area contributed by atoms with Crippen LogP contribution in [0.25, 0.3) is 10.8 Å². The van der Waals surface area contributed by atoms with Crippen LogP contribution in [-0.2, 0) is 4.79 Å². The molecule has 0 fully saturated rings. The third-order valence-electron chi connectivity index (χ3n) is 4.33. The van der Waals surface area contributed by atoms with E-state index in [1.165, 1.54) is 11.1 Å². The number of benzene rings is 3. The number of fused-ring (bicyclic) bond motifs is 1. The summed E-state index contributed by atoms with van der Waals surface area (Å²) in [4.78, 5) is 12.5. The molecule has 0 aliphatic rings. The highest BCUT2D eigenvalue weighted by Gasteiger charge is 2.14. The van der Waals surface area contributed by atoms with E-state index in [0.29, 0.717) is 0 Å². The largest absolute Gasteiger partial charge is 0.374 e. The molecule has 24 heavy (non-hydrogen) atoms. The first-order chi connectivity index (χ1) is 11.5. The van der Waals surface area contributed by atoms with Crippen LogP contribution in [0.2, 0.25) is 0 Å². The molecule has 1 unspecified atom stereocenters. The van der Waals surface area contributed by atoms with E-state index in [1.807, 2.05) is 55.5 Å². The zero-order valence-electron chi connectivity index (χ0n) is 14.3. The van der Waals surface area contributed by atoms with Gasteiger partial charge < -0.3 is 10.6 Å². The predicted octanol–water partition coefficient (Wildman–Crippen LogP) is 4.90. The number of carbonyl (C=O) groups excluding carboxylic acids is 1. The lowest BCUT2D eigenvalue weighted by Gasteiger charge is -2.17. The fourth-order valence-corrected chi connectivity index (χ4v) is 2.72. The minimum absolute atomic E-state index is 0.0513. The molecule has 2 N–H and O–H groups in total. The number of nitrogens with one attached hydrogen (secondary N) is 2. The van der Waals surface area contributed by atoms with Crippen LogP contribution >= 0.6 is 0 Å². The fourth-order valence-electron chi connectivity index (χ4n) is 2.72. The van der Waals surface area contributed by atoms with Gasteiger partial charge in [0.25, 0.3) is 0 Å². The Balaban J connectivity index is 1.75. The van der Waals surface area contributed by atoms with Crippen LogP contribution in [0.3, 0.4) is 0 Å². The van der Waals surface area contributed by atoms with Gasteiger partial charge in [-0.1, -0.05) is 42.5 Å². The van der Waals surface area contributed by atoms with Crippen LogP contribution in [0.4, 0.5) is 11.4 Å². The van der Waals surface area contributed by atoms with Crippen LogP contribution in [0.1, 0.15) is 18.1 Å². The molecule has 1 atom stereocenters. The Hall–Kier alpha value is -2.81. The van der Waals surface area contributed by atoms with E-state index in [1.54, 1.807) is 0 Å². The normalized spacial score (nSPS) is 12.0. The van der Waals surface area contributed by atoms with Crippen molar-refractivity contribution in [2.75, 3.05) is 10.6 Å². The average molecular weight is 318 g/mol. The van der Waals surface area contributed by atoms with Crippen molar-refractivity contribution in [2.24, 2.45) is 0 Å². The highest BCUT2D eigenvalue weighted by Crippen LogP contribution is 2.23. The second-order valence-electron chi connectivity index (χ2n) is 6.18. The van der Waals surface area contributed by atoms with Gasteiger partial charge in [0.05, 0.1) is 0 Å². The number of carbonyl (C=O) groups is 1. The minimum atomic E-state index is -0.328. The molecule has 0 aromatic heterocycles. The summed E-state index contributed by atoms with van der Waals surface area (Å²) in [6.07, 6.45) is 0. The zero-order valence-corrected chi connectivity index (χ0v) is 14.3. The van der Waals surface area contributed by atoms with Gasteiger partial charge in [-0.25, -0.2) is 0 Å². The minimum Gasteiger partial charge on any atom is -0.374 e. The first kappa shape index (κ1) is 16.1. The van der Waals surface area contributed by atoms with E-state index in [4.69, 9.17) is 0 Å². The highest BCUT2D eigenvalue weighted by atomic mass is 16.2. The zero-order chi connectivity index (χ0) is 17.1. The molecule has 122 valence electrons. The Labute approximate surface area is 142 Å². The number of anilines is 2. The topological polar surface area (TPSA) is 41.1 Å². The molecule has 0 aliphatic carbocycles. The Morgan fingerprint density at radius 1 is 0.917 bits per heavy atom. The molecule has 3 nitrogen and oxygen atoms in total. The van der Waals surface area contributed by atoms with Crippen LogP contribution in [0, 0.1) is 13.8 Å². The maximum absolute atomic E-state index is 12.5. The molecule has 3 heteroatoms. The van der Waals surface area contributed by atoms with E-state index >= 15 is 0 Å². The molecule has 3 rings (SSSR count). The molecular weight excluding hydrogens is 296 g/mol. The van der Waals surface area contributed by atoms with Crippen molar-refractivity contribution in [1.82, 2.24) is 0 Å². The quantitative estimate of drug-likeness (QED) is 0.718. The highest BCUT2D eigenvalue weighted by molar-refractivity contribution is 6.04. The molecule has 0 heterocycles. The van der Waals surface area contributed by atoms with E-state index in [0.717, 1.165) is 22.1 Å². The van der Waals surface area contributed by atoms with E-state index in [2.05, 4.69) is 36.6 Å². The lowest BCUT2D eigenvalue weighted by molar-refractivity contribution is -0.116. The molecule has 0 aliphatic heterocycles. The van der Waals surface area contributed by atoms with Crippen molar-refractivity contribution in [3.8, 4) is 0 Å². The van der Waals surface area contributed by atoms with Crippen molar-refractivity contribution in [2.45, 2.75) is 26.8 Å². The van der Waals surface area contributed by atoms with Gasteiger partial charge in [0.2, 0.25) is 5.91 Å². The summed E-state index contributed by atoms with van der Waals surface area (Å²) in [5, 5.41) is 8.46. The smallest absolute Gasteiger partial charge is 0.246 e. The van der Waals surface area contributed by atoms with Crippen LogP contribution in [-0.4, -0.2) is 11.9 Å². The Bertz CT molecular complexity index is 881. The molecule has 0 saturated heterocycles. The van der Waals surface area contributed by atoms with E-state index < -0.39 is 0 Å². The summed E-state index contributed by atoms with van der Waals surface area (Å²) in [5.74, 6) is -0.0513. The van der Waals surface area contributed by atoms with Gasteiger partial charge in [-0.05, 0) is 55.5 Å². The summed E-state index contributed by atoms with van der Waals surface area (Å²) in [7, 11) is 0. The molecular formula is C21H22N2O. The van der Waals surface area contributed by atoms with Crippen molar-refractivity contribution >= 4 is 28.1 Å². The maximum atomic E-state index is 12.5. The molecule has 3 aromatic rings. The molecule has 1 amide bonds. The lowest BCUT2D eigenvalue weighted by atomic mass is 10.1. The summed E-state index contributed by atoms with van der Waals surface area (Å²) in [6.45, 7) is 6.02. The lowest BCUT2D eigenvalue weighted by Crippen LogP contribution is -2.31. The Morgan fingerprint density at radius 3 is 2.46 bits per heavy atom. The van der Waals surface area contributed by atoms with Gasteiger partial charge in [0.1, 0.15) is 6.04 Å². The monoisotopic (exact) mass is 318 g/mol. The second kappa shape index (κ2) is 6.75. The predicted molar refractivity (Wildman–Crippen MR) is 102 cm³/mol. The van der Waals surface area contributed by atoms with E-state index in [9.17, 15) is 4.79 Å². The maximum Gasteiger partial charge on any atom is 0.246 e. The Morgan fingerprint density at radius 2 is 1.67 bits per heavy atom. The van der Waals surface area contributed by atoms with Crippen molar-refractivity contribution in [3.05, 3.63) is 71.8 Å². The van der Waals surface area contributed by atoms with Crippen LogP contribution in [0.5, 0.6) is 0 Å². The number of hydrogen-bond donors (Lipinski definition) is 2. The van der Waals surface area contributed by atoms with Gasteiger partial charge in [-0.2, -0.15) is 0 Å². The average Bonchev–Trinajstić information content (AvgIpc) is 2.58. The molecule has 0 saturated carbocycles. The van der Waals surface area contributed by atoms with Crippen molar-refractivity contribution in [1.29, 1.82) is 0 Å². The number of amides is 1. The summed E-state index contributed by atoms with van der Waals surface area (Å²) in [5.41, 5.74) is 4.25. The third-order valence-corrected chi connectivity index (χ3v) is 4.33. The van der Waals surface area contributed by atoms with Crippen LogP contribution < -0.4 is 10.6 Å². The third kappa shape index (κ3) is 3.40. The Kier molecular flexibility index (Phi) is 4.52. The SMILES string of the molecule is Cc1ccc(NC(C)C(=O)Nc2cccc3ccccc23)cc1C. The molecule has 0 spiro atoms. The molecule has 3 aromatic carbocycles. The van der Waals surface area contributed by atoms with Gasteiger partial charge in [0.15, 0.2) is 0 Å². The standard InChI is InChI=1S/C21H22N2O/c1-14-11-12-18(13-15(14)2)22-16(3)21(24)23-20-10-6-8-17-7-4-5-9-19(17)20/h4-13,16,22H,1-3H3,(H,23,24). The first-order valence-electron chi connectivity index (χ1n) is 8.17. The number of rotatable bonds is 4. The van der Waals surface area contributed by atoms with Gasteiger partial charge in [-0.3, -0.25) is 4.79 Å². The number of hydrogen-bond acceptors (Lipinski definition) is 2.